The molecule has 2 N–H and O–H groups in total. The zero-order chi connectivity index (χ0) is 7.68. The van der Waals surface area contributed by atoms with Crippen molar-refractivity contribution in [2.24, 2.45) is 5.92 Å². The maximum atomic E-state index is 9.60. The van der Waals surface area contributed by atoms with Gasteiger partial charge in [0.15, 0.2) is 5.82 Å². The molecule has 1 aromatic rings. The highest BCUT2D eigenvalue weighted by Crippen LogP contribution is 2.35. The van der Waals surface area contributed by atoms with Gasteiger partial charge < -0.3 is 5.11 Å². The first-order chi connectivity index (χ1) is 5.38. The van der Waals surface area contributed by atoms with Crippen LogP contribution in [0.1, 0.15) is 31.2 Å². The third kappa shape index (κ3) is 1.59. The molecule has 1 aliphatic rings. The number of hydrogen-bond donors (Lipinski definition) is 2. The fraction of sp³-hybridized carbons (Fsp3) is 0.714. The van der Waals surface area contributed by atoms with Crippen LogP contribution in [0.25, 0.3) is 0 Å². The van der Waals surface area contributed by atoms with Crippen molar-refractivity contribution in [2.45, 2.75) is 25.4 Å². The maximum Gasteiger partial charge on any atom is 0.153 e. The molecular formula is C7H12ClN3O. The molecule has 1 atom stereocenters. The van der Waals surface area contributed by atoms with E-state index in [1.165, 1.54) is 12.7 Å². The van der Waals surface area contributed by atoms with Gasteiger partial charge in [-0.05, 0) is 18.8 Å². The lowest BCUT2D eigenvalue weighted by Gasteiger charge is -2.28. The van der Waals surface area contributed by atoms with Crippen LogP contribution in [0.2, 0.25) is 0 Å². The molecule has 4 nitrogen and oxygen atoms in total. The molecule has 68 valence electrons. The summed E-state index contributed by atoms with van der Waals surface area (Å²) in [6.45, 7) is 0. The van der Waals surface area contributed by atoms with Crippen molar-refractivity contribution in [3.8, 4) is 0 Å². The second-order valence-electron chi connectivity index (χ2n) is 3.01. The van der Waals surface area contributed by atoms with Crippen LogP contribution in [0, 0.1) is 5.92 Å². The molecule has 12 heavy (non-hydrogen) atoms. The van der Waals surface area contributed by atoms with Crippen LogP contribution in [0.4, 0.5) is 0 Å². The Balaban J connectivity index is 0.000000720. The summed E-state index contributed by atoms with van der Waals surface area (Å²) in [5.41, 5.74) is 0. The van der Waals surface area contributed by atoms with Gasteiger partial charge in [-0.25, -0.2) is 4.98 Å². The van der Waals surface area contributed by atoms with E-state index < -0.39 is 6.10 Å². The molecule has 1 unspecified atom stereocenters. The van der Waals surface area contributed by atoms with E-state index in [9.17, 15) is 5.11 Å². The lowest BCUT2D eigenvalue weighted by molar-refractivity contribution is 0.0552. The highest BCUT2D eigenvalue weighted by atomic mass is 35.5. The van der Waals surface area contributed by atoms with Gasteiger partial charge in [0, 0.05) is 0 Å². The zero-order valence-electron chi connectivity index (χ0n) is 6.60. The molecule has 5 heteroatoms. The number of aliphatic hydroxyl groups excluding tert-OH is 1. The van der Waals surface area contributed by atoms with Crippen molar-refractivity contribution in [3.63, 3.8) is 0 Å². The van der Waals surface area contributed by atoms with Crippen LogP contribution < -0.4 is 0 Å². The molecule has 1 aromatic heterocycles. The summed E-state index contributed by atoms with van der Waals surface area (Å²) in [6, 6.07) is 0. The van der Waals surface area contributed by atoms with Crippen molar-refractivity contribution >= 4 is 12.4 Å². The number of aromatic amines is 1. The Morgan fingerprint density at radius 1 is 1.58 bits per heavy atom. The monoisotopic (exact) mass is 189 g/mol. The van der Waals surface area contributed by atoms with Gasteiger partial charge in [0.25, 0.3) is 0 Å². The molecule has 1 saturated carbocycles. The largest absolute Gasteiger partial charge is 0.385 e. The molecule has 1 fully saturated rings. The quantitative estimate of drug-likeness (QED) is 0.732. The molecule has 0 bridgehead atoms. The summed E-state index contributed by atoms with van der Waals surface area (Å²) in [4.78, 5) is 3.90. The topological polar surface area (TPSA) is 61.8 Å². The molecule has 2 rings (SSSR count). The van der Waals surface area contributed by atoms with E-state index in [2.05, 4.69) is 15.2 Å². The number of rotatable bonds is 2. The van der Waals surface area contributed by atoms with Gasteiger partial charge in [0.1, 0.15) is 12.4 Å². The van der Waals surface area contributed by atoms with E-state index in [0.717, 1.165) is 12.8 Å². The summed E-state index contributed by atoms with van der Waals surface area (Å²) in [5.74, 6) is 1.01. The van der Waals surface area contributed by atoms with Gasteiger partial charge in [-0.15, -0.1) is 12.4 Å². The van der Waals surface area contributed by atoms with Gasteiger partial charge in [-0.2, -0.15) is 5.10 Å². The second-order valence-corrected chi connectivity index (χ2v) is 3.01. The summed E-state index contributed by atoms with van der Waals surface area (Å²) in [7, 11) is 0. The van der Waals surface area contributed by atoms with E-state index in [4.69, 9.17) is 0 Å². The Kier molecular flexibility index (Phi) is 3.05. The summed E-state index contributed by atoms with van der Waals surface area (Å²) in [5, 5.41) is 16.0. The Bertz CT molecular complexity index is 223. The van der Waals surface area contributed by atoms with Crippen molar-refractivity contribution < 1.29 is 5.11 Å². The lowest BCUT2D eigenvalue weighted by Crippen LogP contribution is -2.20. The number of nitrogens with zero attached hydrogens (tertiary/aromatic N) is 2. The first-order valence-electron chi connectivity index (χ1n) is 3.91. The minimum absolute atomic E-state index is 0. The van der Waals surface area contributed by atoms with E-state index in [0.29, 0.717) is 11.7 Å². The number of halogens is 1. The SMILES string of the molecule is Cl.OC(c1ncn[nH]1)C1CCC1. The van der Waals surface area contributed by atoms with Crippen molar-refractivity contribution in [1.82, 2.24) is 15.2 Å². The number of nitrogens with one attached hydrogen (secondary N) is 1. The first-order valence-corrected chi connectivity index (χ1v) is 3.91. The van der Waals surface area contributed by atoms with E-state index in [1.807, 2.05) is 0 Å². The van der Waals surface area contributed by atoms with Crippen molar-refractivity contribution in [1.29, 1.82) is 0 Å². The highest BCUT2D eigenvalue weighted by Gasteiger charge is 2.28. The molecule has 0 aromatic carbocycles. The third-order valence-corrected chi connectivity index (χ3v) is 2.31. The minimum Gasteiger partial charge on any atom is -0.385 e. The lowest BCUT2D eigenvalue weighted by atomic mass is 9.81. The maximum absolute atomic E-state index is 9.60. The molecule has 1 aliphatic carbocycles. The zero-order valence-corrected chi connectivity index (χ0v) is 7.42. The Morgan fingerprint density at radius 3 is 2.75 bits per heavy atom. The Labute approximate surface area is 76.8 Å². The van der Waals surface area contributed by atoms with Gasteiger partial charge >= 0.3 is 0 Å². The van der Waals surface area contributed by atoms with Crippen molar-refractivity contribution in [2.75, 3.05) is 0 Å². The predicted octanol–water partition coefficient (Wildman–Crippen LogP) is 1.06. The van der Waals surface area contributed by atoms with Crippen LogP contribution in [0.5, 0.6) is 0 Å². The standard InChI is InChI=1S/C7H11N3O.ClH/c11-6(5-2-1-3-5)7-8-4-9-10-7;/h4-6,11H,1-3H2,(H,8,9,10);1H. The van der Waals surface area contributed by atoms with Crippen molar-refractivity contribution in [3.05, 3.63) is 12.2 Å². The van der Waals surface area contributed by atoms with Crippen LogP contribution in [0.15, 0.2) is 6.33 Å². The second kappa shape index (κ2) is 3.87. The fourth-order valence-electron chi connectivity index (χ4n) is 1.34. The van der Waals surface area contributed by atoms with Gasteiger partial charge in [0.2, 0.25) is 0 Å². The number of H-pyrrole nitrogens is 1. The third-order valence-electron chi connectivity index (χ3n) is 2.31. The van der Waals surface area contributed by atoms with Crippen LogP contribution in [-0.4, -0.2) is 20.3 Å². The van der Waals surface area contributed by atoms with Gasteiger partial charge in [-0.3, -0.25) is 5.10 Å². The Morgan fingerprint density at radius 2 is 2.33 bits per heavy atom. The normalized spacial score (nSPS) is 19.4. The minimum atomic E-state index is -0.425. The summed E-state index contributed by atoms with van der Waals surface area (Å²) >= 11 is 0. The highest BCUT2D eigenvalue weighted by molar-refractivity contribution is 5.85. The Hall–Kier alpha value is -0.610. The van der Waals surface area contributed by atoms with Gasteiger partial charge in [0.05, 0.1) is 0 Å². The number of aromatic nitrogens is 3. The van der Waals surface area contributed by atoms with E-state index in [-0.39, 0.29) is 12.4 Å². The van der Waals surface area contributed by atoms with E-state index >= 15 is 0 Å². The van der Waals surface area contributed by atoms with Gasteiger partial charge in [-0.1, -0.05) is 6.42 Å². The molecule has 0 amide bonds. The average Bonchev–Trinajstić information content (AvgIpc) is 2.32. The average molecular weight is 190 g/mol. The number of aliphatic hydroxyl groups is 1. The molecule has 0 spiro atoms. The molecule has 1 heterocycles. The van der Waals surface area contributed by atoms with Crippen LogP contribution >= 0.6 is 12.4 Å². The molecule has 0 saturated heterocycles. The first kappa shape index (κ1) is 9.48. The molecule has 0 aliphatic heterocycles. The van der Waals surface area contributed by atoms with Crippen LogP contribution in [-0.2, 0) is 0 Å². The molecule has 0 radical (unpaired) electrons. The van der Waals surface area contributed by atoms with Crippen LogP contribution in [0.3, 0.4) is 0 Å². The molecular weight excluding hydrogens is 178 g/mol. The predicted molar refractivity (Wildman–Crippen MR) is 45.9 cm³/mol. The fourth-order valence-corrected chi connectivity index (χ4v) is 1.34. The number of hydrogen-bond acceptors (Lipinski definition) is 3. The smallest absolute Gasteiger partial charge is 0.153 e. The summed E-state index contributed by atoms with van der Waals surface area (Å²) in [6.07, 6.45) is 4.46. The van der Waals surface area contributed by atoms with E-state index in [1.54, 1.807) is 0 Å². The summed E-state index contributed by atoms with van der Waals surface area (Å²) < 4.78 is 0.